The molecule has 0 amide bonds. The molecule has 0 saturated heterocycles. The van der Waals surface area contributed by atoms with Crippen LogP contribution in [0.2, 0.25) is 0 Å². The Kier molecular flexibility index (Phi) is 5.44. The average Bonchev–Trinajstić information content (AvgIpc) is 2.26. The monoisotopic (exact) mass is 313 g/mol. The fraction of sp³-hybridized carbons (Fsp3) is 0.455. The molecule has 0 aromatic heterocycles. The summed E-state index contributed by atoms with van der Waals surface area (Å²) in [5, 5.41) is 0. The van der Waals surface area contributed by atoms with Crippen molar-refractivity contribution in [2.45, 2.75) is 13.3 Å². The molecule has 1 aromatic rings. The van der Waals surface area contributed by atoms with Gasteiger partial charge in [0.2, 0.25) is 0 Å². The lowest BCUT2D eigenvalue weighted by Crippen LogP contribution is -2.35. The van der Waals surface area contributed by atoms with Crippen molar-refractivity contribution in [2.24, 2.45) is 0 Å². The van der Waals surface area contributed by atoms with E-state index in [1.807, 2.05) is 0 Å². The molecule has 3 nitrogen and oxygen atoms in total. The Balaban J connectivity index is 2.80. The number of hydrogen-bond donors (Lipinski definition) is 0. The summed E-state index contributed by atoms with van der Waals surface area (Å²) in [4.78, 5) is 0. The lowest BCUT2D eigenvalue weighted by molar-refractivity contribution is 0.339. The Morgan fingerprint density at radius 2 is 1.85 bits per heavy atom. The first-order valence-electron chi connectivity index (χ1n) is 5.98. The van der Waals surface area contributed by atoms with Crippen LogP contribution in [0.25, 0.3) is 0 Å². The smallest absolute Gasteiger partial charge is 0.495 e. The molecule has 0 aliphatic carbocycles. The molecule has 0 N–H and O–H groups in total. The minimum atomic E-state index is -5.35. The Labute approximate surface area is 114 Å². The van der Waals surface area contributed by atoms with Crippen molar-refractivity contribution in [3.8, 4) is 5.75 Å². The predicted molar refractivity (Wildman–Crippen MR) is 69.6 cm³/mol. The van der Waals surface area contributed by atoms with Crippen LogP contribution < -0.4 is 10.2 Å². The van der Waals surface area contributed by atoms with Crippen LogP contribution in [0.5, 0.6) is 5.75 Å². The first kappa shape index (κ1) is 16.8. The van der Waals surface area contributed by atoms with Crippen LogP contribution in [0.1, 0.15) is 13.3 Å². The van der Waals surface area contributed by atoms with E-state index < -0.39 is 46.2 Å². The highest BCUT2D eigenvalue weighted by molar-refractivity contribution is 7.91. The zero-order valence-electron chi connectivity index (χ0n) is 10.8. The van der Waals surface area contributed by atoms with Crippen LogP contribution in [-0.4, -0.2) is 33.5 Å². The third-order valence-electron chi connectivity index (χ3n) is 2.50. The topological polar surface area (TPSA) is 43.4 Å². The number of halogens is 4. The molecule has 0 saturated carbocycles. The summed E-state index contributed by atoms with van der Waals surface area (Å²) in [7, 11) is -3.36. The van der Waals surface area contributed by atoms with E-state index >= 15 is 0 Å². The van der Waals surface area contributed by atoms with Gasteiger partial charge < -0.3 is 17.7 Å². The largest absolute Gasteiger partial charge is 0.513 e. The first-order valence-corrected chi connectivity index (χ1v) is 7.80. The van der Waals surface area contributed by atoms with Gasteiger partial charge in [-0.05, 0) is 12.5 Å². The third-order valence-corrected chi connectivity index (χ3v) is 4.31. The van der Waals surface area contributed by atoms with Crippen LogP contribution >= 0.6 is 0 Å². The average molecular weight is 313 g/mol. The van der Waals surface area contributed by atoms with Gasteiger partial charge in [-0.1, -0.05) is 18.5 Å². The van der Waals surface area contributed by atoms with Crippen LogP contribution in [0.3, 0.4) is 0 Å². The van der Waals surface area contributed by atoms with E-state index in [1.54, 1.807) is 6.92 Å². The van der Waals surface area contributed by atoms with E-state index in [0.29, 0.717) is 24.6 Å². The van der Waals surface area contributed by atoms with Gasteiger partial charge in [0.1, 0.15) is 12.4 Å². The van der Waals surface area contributed by atoms with E-state index in [-0.39, 0.29) is 5.75 Å². The highest BCUT2D eigenvalue weighted by Gasteiger charge is 2.29. The molecule has 9 heteroatoms. The van der Waals surface area contributed by atoms with Crippen molar-refractivity contribution in [1.82, 2.24) is 0 Å². The maximum atomic E-state index is 13.0. The van der Waals surface area contributed by atoms with Gasteiger partial charge in [0.15, 0.2) is 9.84 Å². The minimum Gasteiger partial charge on any atom is -0.495 e. The summed E-state index contributed by atoms with van der Waals surface area (Å²) in [5.41, 5.74) is -1.07. The number of benzene rings is 1. The molecule has 114 valence electrons. The van der Waals surface area contributed by atoms with Gasteiger partial charge in [-0.15, -0.1) is 0 Å². The molecule has 1 aromatic carbocycles. The van der Waals surface area contributed by atoms with E-state index in [4.69, 9.17) is 4.74 Å². The molecule has 1 rings (SSSR count). The fourth-order valence-corrected chi connectivity index (χ4v) is 2.76. The maximum absolute atomic E-state index is 13.0. The molecule has 0 aliphatic heterocycles. The summed E-state index contributed by atoms with van der Waals surface area (Å²) in [6.07, 6.45) is 0.416. The normalized spacial score (nSPS) is 12.4. The molecular formula is C11H14BF4O3S-. The van der Waals surface area contributed by atoms with Gasteiger partial charge in [0.05, 0.1) is 17.3 Å². The molecule has 20 heavy (non-hydrogen) atoms. The maximum Gasteiger partial charge on any atom is 0.513 e. The van der Waals surface area contributed by atoms with E-state index in [1.165, 1.54) is 0 Å². The van der Waals surface area contributed by atoms with Gasteiger partial charge in [-0.3, -0.25) is 0 Å². The SMILES string of the molecule is CCCS(=O)(=O)CCOc1cc(F)ccc1[B-](F)(F)F. The van der Waals surface area contributed by atoms with Crippen molar-refractivity contribution >= 4 is 22.3 Å². The third kappa shape index (κ3) is 5.03. The van der Waals surface area contributed by atoms with Gasteiger partial charge >= 0.3 is 6.98 Å². The Morgan fingerprint density at radius 3 is 2.40 bits per heavy atom. The molecule has 0 aliphatic rings. The van der Waals surface area contributed by atoms with Crippen LogP contribution in [-0.2, 0) is 9.84 Å². The second-order valence-electron chi connectivity index (χ2n) is 4.26. The molecule has 0 radical (unpaired) electrons. The van der Waals surface area contributed by atoms with Crippen LogP contribution in [0.4, 0.5) is 17.3 Å². The molecule has 0 spiro atoms. The van der Waals surface area contributed by atoms with Crippen molar-refractivity contribution in [1.29, 1.82) is 0 Å². The lowest BCUT2D eigenvalue weighted by atomic mass is 9.79. The quantitative estimate of drug-likeness (QED) is 0.572. The van der Waals surface area contributed by atoms with Crippen molar-refractivity contribution in [3.63, 3.8) is 0 Å². The summed E-state index contributed by atoms with van der Waals surface area (Å²) in [5.74, 6) is -2.01. The standard InChI is InChI=1S/C11H14BF4O3S/c1-2-6-20(17,18)7-5-19-11-8-9(13)3-4-10(11)12(14,15)16/h3-4,8H,2,5-7H2,1H3/q-1. The first-order chi connectivity index (χ1) is 9.15. The Hall–Kier alpha value is -1.25. The predicted octanol–water partition coefficient (Wildman–Crippen LogP) is 2.08. The van der Waals surface area contributed by atoms with Crippen LogP contribution in [0, 0.1) is 5.82 Å². The number of ether oxygens (including phenoxy) is 1. The Morgan fingerprint density at radius 1 is 1.20 bits per heavy atom. The molecule has 0 fully saturated rings. The summed E-state index contributed by atoms with van der Waals surface area (Å²) in [6.45, 7) is -4.11. The molecule has 0 unspecified atom stereocenters. The number of rotatable bonds is 7. The van der Waals surface area contributed by atoms with Gasteiger partial charge in [0, 0.05) is 6.07 Å². The highest BCUT2D eigenvalue weighted by Crippen LogP contribution is 2.19. The zero-order chi connectivity index (χ0) is 15.4. The van der Waals surface area contributed by atoms with Crippen LogP contribution in [0.15, 0.2) is 18.2 Å². The molecule has 0 heterocycles. The van der Waals surface area contributed by atoms with Crippen molar-refractivity contribution < 1.29 is 30.5 Å². The summed E-state index contributed by atoms with van der Waals surface area (Å²) < 4.78 is 78.7. The molecule has 0 bridgehead atoms. The Bertz CT molecular complexity index is 557. The van der Waals surface area contributed by atoms with E-state index in [2.05, 4.69) is 0 Å². The molecule has 0 atom stereocenters. The number of sulfone groups is 1. The van der Waals surface area contributed by atoms with Gasteiger partial charge in [-0.25, -0.2) is 12.8 Å². The van der Waals surface area contributed by atoms with E-state index in [0.717, 1.165) is 0 Å². The number of hydrogen-bond acceptors (Lipinski definition) is 3. The van der Waals surface area contributed by atoms with Gasteiger partial charge in [-0.2, -0.15) is 0 Å². The summed E-state index contributed by atoms with van der Waals surface area (Å²) in [6, 6.07) is 1.88. The van der Waals surface area contributed by atoms with Crippen molar-refractivity contribution in [2.75, 3.05) is 18.1 Å². The fourth-order valence-electron chi connectivity index (χ4n) is 1.60. The van der Waals surface area contributed by atoms with Gasteiger partial charge in [0.25, 0.3) is 0 Å². The lowest BCUT2D eigenvalue weighted by Gasteiger charge is -2.19. The zero-order valence-corrected chi connectivity index (χ0v) is 11.6. The molecular weight excluding hydrogens is 299 g/mol. The summed E-state index contributed by atoms with van der Waals surface area (Å²) >= 11 is 0. The van der Waals surface area contributed by atoms with E-state index in [9.17, 15) is 25.8 Å². The minimum absolute atomic E-state index is 0.0599. The highest BCUT2D eigenvalue weighted by atomic mass is 32.2. The second kappa shape index (κ2) is 6.47. The van der Waals surface area contributed by atoms with Crippen molar-refractivity contribution in [3.05, 3.63) is 24.0 Å². The second-order valence-corrected chi connectivity index (χ2v) is 6.56.